The normalized spacial score (nSPS) is 9.83. The Morgan fingerprint density at radius 1 is 1.08 bits per heavy atom. The Bertz CT molecular complexity index is 213. The summed E-state index contributed by atoms with van der Waals surface area (Å²) in [6.07, 6.45) is 2.16. The average Bonchev–Trinajstić information content (AvgIpc) is 2.15. The van der Waals surface area contributed by atoms with Gasteiger partial charge in [-0.05, 0) is 30.5 Å². The molecule has 12 heavy (non-hydrogen) atoms. The molecule has 0 atom stereocenters. The van der Waals surface area contributed by atoms with Crippen molar-refractivity contribution >= 4 is 0 Å². The highest BCUT2D eigenvalue weighted by molar-refractivity contribution is 5.27. The zero-order chi connectivity index (χ0) is 8.81. The second-order valence-corrected chi connectivity index (χ2v) is 2.85. The predicted molar refractivity (Wildman–Crippen MR) is 51.6 cm³/mol. The molecule has 0 spiro atoms. The number of hydrogen-bond donors (Lipinski definition) is 0. The monoisotopic (exact) mass is 164 g/mol. The average molecular weight is 164 g/mol. The van der Waals surface area contributed by atoms with E-state index in [4.69, 9.17) is 4.74 Å². The van der Waals surface area contributed by atoms with Crippen molar-refractivity contribution in [1.82, 2.24) is 0 Å². The van der Waals surface area contributed by atoms with Gasteiger partial charge in [0.2, 0.25) is 0 Å². The molecule has 0 amide bonds. The van der Waals surface area contributed by atoms with Crippen LogP contribution >= 0.6 is 0 Å². The van der Waals surface area contributed by atoms with Gasteiger partial charge in [0.15, 0.2) is 0 Å². The lowest BCUT2D eigenvalue weighted by Crippen LogP contribution is -1.94. The zero-order valence-corrected chi connectivity index (χ0v) is 7.84. The molecule has 0 heterocycles. The Hall–Kier alpha value is -0.980. The van der Waals surface area contributed by atoms with Gasteiger partial charge in [-0.3, -0.25) is 0 Å². The molecule has 1 nitrogen and oxygen atoms in total. The molecule has 0 fully saturated rings. The fourth-order valence-corrected chi connectivity index (χ4v) is 1.04. The lowest BCUT2D eigenvalue weighted by Gasteiger charge is -2.04. The van der Waals surface area contributed by atoms with E-state index in [9.17, 15) is 0 Å². The molecule has 66 valence electrons. The number of rotatable bonds is 4. The number of ether oxygens (including phenoxy) is 1. The molecule has 1 aromatic rings. The van der Waals surface area contributed by atoms with Crippen LogP contribution in [-0.4, -0.2) is 6.61 Å². The SMILES string of the molecule is CCCOc1ccc(CC)cc1. The summed E-state index contributed by atoms with van der Waals surface area (Å²) in [5.74, 6) is 0.981. The lowest BCUT2D eigenvalue weighted by atomic mass is 10.2. The Kier molecular flexibility index (Phi) is 3.65. The second-order valence-electron chi connectivity index (χ2n) is 2.85. The van der Waals surface area contributed by atoms with Crippen LogP contribution in [0.15, 0.2) is 24.3 Å². The van der Waals surface area contributed by atoms with E-state index < -0.39 is 0 Å². The highest BCUT2D eigenvalue weighted by Crippen LogP contribution is 2.12. The number of aryl methyl sites for hydroxylation is 1. The van der Waals surface area contributed by atoms with Crippen LogP contribution in [-0.2, 0) is 6.42 Å². The Morgan fingerprint density at radius 3 is 2.25 bits per heavy atom. The molecule has 1 heteroatoms. The fraction of sp³-hybridized carbons (Fsp3) is 0.455. The van der Waals surface area contributed by atoms with Crippen molar-refractivity contribution in [2.45, 2.75) is 26.7 Å². The molecule has 0 saturated carbocycles. The van der Waals surface area contributed by atoms with Crippen molar-refractivity contribution in [2.75, 3.05) is 6.61 Å². The van der Waals surface area contributed by atoms with Gasteiger partial charge in [-0.1, -0.05) is 26.0 Å². The van der Waals surface area contributed by atoms with Crippen LogP contribution < -0.4 is 4.74 Å². The summed E-state index contributed by atoms with van der Waals surface area (Å²) in [5.41, 5.74) is 1.36. The van der Waals surface area contributed by atoms with Crippen molar-refractivity contribution in [3.05, 3.63) is 29.8 Å². The van der Waals surface area contributed by atoms with Crippen LogP contribution in [0.4, 0.5) is 0 Å². The summed E-state index contributed by atoms with van der Waals surface area (Å²) in [6.45, 7) is 5.08. The molecule has 0 aliphatic heterocycles. The van der Waals surface area contributed by atoms with E-state index >= 15 is 0 Å². The van der Waals surface area contributed by atoms with Crippen LogP contribution in [0.3, 0.4) is 0 Å². The van der Waals surface area contributed by atoms with Gasteiger partial charge in [0, 0.05) is 0 Å². The molecule has 0 aliphatic carbocycles. The van der Waals surface area contributed by atoms with Crippen molar-refractivity contribution in [1.29, 1.82) is 0 Å². The quantitative estimate of drug-likeness (QED) is 0.664. The van der Waals surface area contributed by atoms with Crippen LogP contribution in [0, 0.1) is 0 Å². The van der Waals surface area contributed by atoms with Gasteiger partial charge in [-0.15, -0.1) is 0 Å². The minimum absolute atomic E-state index is 0.811. The van der Waals surface area contributed by atoms with E-state index in [1.807, 2.05) is 12.1 Å². The van der Waals surface area contributed by atoms with Gasteiger partial charge in [-0.2, -0.15) is 0 Å². The van der Waals surface area contributed by atoms with Crippen LogP contribution in [0.5, 0.6) is 5.75 Å². The zero-order valence-electron chi connectivity index (χ0n) is 7.84. The molecule has 0 aliphatic rings. The van der Waals surface area contributed by atoms with E-state index in [2.05, 4.69) is 26.0 Å². The molecule has 0 unspecified atom stereocenters. The standard InChI is InChI=1S/C11H16O/c1-3-9-12-11-7-5-10(4-2)6-8-11/h5-8H,3-4,9H2,1-2H3. The maximum absolute atomic E-state index is 5.45. The molecule has 0 N–H and O–H groups in total. The van der Waals surface area contributed by atoms with E-state index in [0.717, 1.165) is 25.2 Å². The van der Waals surface area contributed by atoms with Crippen LogP contribution in [0.2, 0.25) is 0 Å². The molecular formula is C11H16O. The highest BCUT2D eigenvalue weighted by atomic mass is 16.5. The molecule has 0 aromatic heterocycles. The third-order valence-electron chi connectivity index (χ3n) is 1.80. The van der Waals surface area contributed by atoms with Crippen molar-refractivity contribution in [3.63, 3.8) is 0 Å². The maximum atomic E-state index is 5.45. The van der Waals surface area contributed by atoms with Crippen LogP contribution in [0.25, 0.3) is 0 Å². The van der Waals surface area contributed by atoms with Crippen molar-refractivity contribution in [2.24, 2.45) is 0 Å². The Labute approximate surface area is 74.4 Å². The van der Waals surface area contributed by atoms with Gasteiger partial charge in [0.05, 0.1) is 6.61 Å². The Balaban J connectivity index is 2.53. The minimum Gasteiger partial charge on any atom is -0.494 e. The predicted octanol–water partition coefficient (Wildman–Crippen LogP) is 3.04. The summed E-state index contributed by atoms with van der Waals surface area (Å²) >= 11 is 0. The van der Waals surface area contributed by atoms with E-state index in [0.29, 0.717) is 0 Å². The Morgan fingerprint density at radius 2 is 1.75 bits per heavy atom. The summed E-state index contributed by atoms with van der Waals surface area (Å²) in [5, 5.41) is 0. The highest BCUT2D eigenvalue weighted by Gasteiger charge is 1.91. The summed E-state index contributed by atoms with van der Waals surface area (Å²) in [7, 11) is 0. The first-order chi connectivity index (χ1) is 5.86. The van der Waals surface area contributed by atoms with Crippen molar-refractivity contribution in [3.8, 4) is 5.75 Å². The molecule has 0 saturated heterocycles. The van der Waals surface area contributed by atoms with Gasteiger partial charge in [-0.25, -0.2) is 0 Å². The van der Waals surface area contributed by atoms with E-state index in [-0.39, 0.29) is 0 Å². The topological polar surface area (TPSA) is 9.23 Å². The van der Waals surface area contributed by atoms with Crippen LogP contribution in [0.1, 0.15) is 25.8 Å². The smallest absolute Gasteiger partial charge is 0.119 e. The van der Waals surface area contributed by atoms with Crippen molar-refractivity contribution < 1.29 is 4.74 Å². The summed E-state index contributed by atoms with van der Waals surface area (Å²) < 4.78 is 5.45. The van der Waals surface area contributed by atoms with E-state index in [1.165, 1.54) is 5.56 Å². The third kappa shape index (κ3) is 2.57. The largest absolute Gasteiger partial charge is 0.494 e. The first-order valence-corrected chi connectivity index (χ1v) is 4.58. The van der Waals surface area contributed by atoms with Gasteiger partial charge in [0.25, 0.3) is 0 Å². The van der Waals surface area contributed by atoms with Gasteiger partial charge in [0.1, 0.15) is 5.75 Å². The third-order valence-corrected chi connectivity index (χ3v) is 1.80. The fourth-order valence-electron chi connectivity index (χ4n) is 1.04. The summed E-state index contributed by atoms with van der Waals surface area (Å²) in [6, 6.07) is 8.30. The first-order valence-electron chi connectivity index (χ1n) is 4.58. The maximum Gasteiger partial charge on any atom is 0.119 e. The molecule has 1 aromatic carbocycles. The van der Waals surface area contributed by atoms with E-state index in [1.54, 1.807) is 0 Å². The second kappa shape index (κ2) is 4.81. The summed E-state index contributed by atoms with van der Waals surface area (Å²) in [4.78, 5) is 0. The molecule has 1 rings (SSSR count). The molecule has 0 radical (unpaired) electrons. The number of benzene rings is 1. The molecular weight excluding hydrogens is 148 g/mol. The minimum atomic E-state index is 0.811. The molecule has 0 bridgehead atoms. The number of hydrogen-bond acceptors (Lipinski definition) is 1. The first kappa shape index (κ1) is 9.11. The van der Waals surface area contributed by atoms with Gasteiger partial charge >= 0.3 is 0 Å². The lowest BCUT2D eigenvalue weighted by molar-refractivity contribution is 0.317. The van der Waals surface area contributed by atoms with Gasteiger partial charge < -0.3 is 4.74 Å².